The van der Waals surface area contributed by atoms with E-state index in [0.717, 1.165) is 38.0 Å². The molecule has 4 aromatic rings. The molecule has 1 aliphatic rings. The lowest BCUT2D eigenvalue weighted by atomic mass is 9.82. The molecule has 0 saturated carbocycles. The summed E-state index contributed by atoms with van der Waals surface area (Å²) in [6.45, 7) is 11.3. The number of oxime groups is 1. The summed E-state index contributed by atoms with van der Waals surface area (Å²) in [4.78, 5) is 17.5. The summed E-state index contributed by atoms with van der Waals surface area (Å²) in [7, 11) is 0. The summed E-state index contributed by atoms with van der Waals surface area (Å²) < 4.78 is 2.79. The molecule has 5 rings (SSSR count). The summed E-state index contributed by atoms with van der Waals surface area (Å²) in [6.07, 6.45) is 2.72. The predicted molar refractivity (Wildman–Crippen MR) is 130 cm³/mol. The average Bonchev–Trinajstić information content (AvgIpc) is 3.28. The minimum absolute atomic E-state index is 0.00463. The average molecular weight is 514 g/mol. The molecule has 2 N–H and O–H groups in total. The van der Waals surface area contributed by atoms with Crippen LogP contribution < -0.4 is 5.32 Å². The molecule has 0 aliphatic carbocycles. The maximum Gasteiger partial charge on any atom is 0.192 e. The Labute approximate surface area is 199 Å². The highest BCUT2D eigenvalue weighted by molar-refractivity contribution is 9.10. The van der Waals surface area contributed by atoms with E-state index in [0.29, 0.717) is 5.82 Å². The third kappa shape index (κ3) is 3.82. The van der Waals surface area contributed by atoms with Crippen LogP contribution in [0.15, 0.2) is 40.2 Å². The molecule has 32 heavy (non-hydrogen) atoms. The number of quaternary nitrogens is 1. The minimum atomic E-state index is 0.00463. The zero-order chi connectivity index (χ0) is 22.7. The van der Waals surface area contributed by atoms with Gasteiger partial charge in [0.05, 0.1) is 21.5 Å². The van der Waals surface area contributed by atoms with E-state index in [2.05, 4.69) is 64.2 Å². The van der Waals surface area contributed by atoms with Crippen molar-refractivity contribution in [3.8, 4) is 0 Å². The van der Waals surface area contributed by atoms with Crippen LogP contribution in [0, 0.1) is 0 Å². The molecule has 0 saturated heterocycles. The lowest BCUT2D eigenvalue weighted by molar-refractivity contribution is -0.789. The number of nitrogens with two attached hydrogens (primary N) is 1. The zero-order valence-corrected chi connectivity index (χ0v) is 21.2. The molecule has 1 aliphatic heterocycles. The molecule has 0 atom stereocenters. The van der Waals surface area contributed by atoms with Gasteiger partial charge in [0, 0.05) is 10.9 Å². The van der Waals surface area contributed by atoms with Crippen LogP contribution in [-0.4, -0.2) is 30.8 Å². The molecule has 9 heteroatoms. The van der Waals surface area contributed by atoms with Gasteiger partial charge in [0.2, 0.25) is 0 Å². The zero-order valence-electron chi connectivity index (χ0n) is 18.8. The number of halogens is 1. The third-order valence-corrected chi connectivity index (χ3v) is 7.81. The van der Waals surface area contributed by atoms with Crippen LogP contribution in [0.5, 0.6) is 0 Å². The van der Waals surface area contributed by atoms with E-state index >= 15 is 0 Å². The highest BCUT2D eigenvalue weighted by Gasteiger charge is 2.43. The van der Waals surface area contributed by atoms with Crippen LogP contribution in [-0.2, 0) is 23.4 Å². The van der Waals surface area contributed by atoms with Crippen LogP contribution in [0.2, 0.25) is 0 Å². The molecule has 0 bridgehead atoms. The number of hydrogen-bond donors (Lipinski definition) is 1. The quantitative estimate of drug-likeness (QED) is 0.327. The van der Waals surface area contributed by atoms with Crippen molar-refractivity contribution in [2.45, 2.75) is 58.7 Å². The first-order valence-electron chi connectivity index (χ1n) is 10.6. The number of hydrogen-bond acceptors (Lipinski definition) is 6. The Bertz CT molecular complexity index is 1350. The van der Waals surface area contributed by atoms with E-state index in [9.17, 15) is 0 Å². The molecule has 166 valence electrons. The molecular weight excluding hydrogens is 488 g/mol. The number of fused-ring (bicyclic) bond motifs is 5. The van der Waals surface area contributed by atoms with Gasteiger partial charge in [-0.2, -0.15) is 0 Å². The lowest BCUT2D eigenvalue weighted by Gasteiger charge is -2.38. The van der Waals surface area contributed by atoms with E-state index in [4.69, 9.17) is 9.82 Å². The van der Waals surface area contributed by atoms with Gasteiger partial charge in [0.15, 0.2) is 18.1 Å². The summed E-state index contributed by atoms with van der Waals surface area (Å²) in [5, 5.41) is 12.4. The van der Waals surface area contributed by atoms with E-state index < -0.39 is 0 Å². The minimum Gasteiger partial charge on any atom is -0.387 e. The molecule has 4 heterocycles. The molecule has 0 radical (unpaired) electrons. The number of nitrogens with zero attached hydrogens (tertiary/aromatic N) is 5. The molecule has 7 nitrogen and oxygen atoms in total. The van der Waals surface area contributed by atoms with Gasteiger partial charge in [-0.15, -0.1) is 16.4 Å². The summed E-state index contributed by atoms with van der Waals surface area (Å²) >= 11 is 5.22. The Hall–Kier alpha value is -2.36. The van der Waals surface area contributed by atoms with Crippen LogP contribution in [0.1, 0.15) is 56.4 Å². The number of rotatable bonds is 4. The Balaban J connectivity index is 1.47. The van der Waals surface area contributed by atoms with Crippen LogP contribution in [0.4, 0.5) is 0 Å². The number of thiophene rings is 1. The van der Waals surface area contributed by atoms with Crippen LogP contribution in [0.25, 0.3) is 15.9 Å². The van der Waals surface area contributed by atoms with Crippen molar-refractivity contribution >= 4 is 48.8 Å². The number of aromatic nitrogens is 4. The highest BCUT2D eigenvalue weighted by atomic mass is 79.9. The van der Waals surface area contributed by atoms with Gasteiger partial charge >= 0.3 is 0 Å². The fraction of sp³-hybridized carbons (Fsp3) is 0.391. The first-order chi connectivity index (χ1) is 15.1. The summed E-state index contributed by atoms with van der Waals surface area (Å²) in [5.74, 6) is 0.590. The monoisotopic (exact) mass is 513 g/mol. The molecule has 1 aromatic carbocycles. The lowest BCUT2D eigenvalue weighted by Crippen LogP contribution is -3.03. The fourth-order valence-electron chi connectivity index (χ4n) is 4.73. The second kappa shape index (κ2) is 7.60. The molecular formula is C23H26BrN6OS+. The molecule has 0 amide bonds. The van der Waals surface area contributed by atoms with Crippen LogP contribution in [0.3, 0.4) is 0 Å². The van der Waals surface area contributed by atoms with Crippen molar-refractivity contribution in [3.63, 3.8) is 0 Å². The maximum atomic E-state index is 5.58. The van der Waals surface area contributed by atoms with Crippen LogP contribution >= 0.6 is 27.3 Å². The maximum absolute atomic E-state index is 5.58. The largest absolute Gasteiger partial charge is 0.387 e. The van der Waals surface area contributed by atoms with E-state index in [1.165, 1.54) is 10.4 Å². The van der Waals surface area contributed by atoms with Gasteiger partial charge in [0.1, 0.15) is 16.7 Å². The summed E-state index contributed by atoms with van der Waals surface area (Å²) in [5.41, 5.74) is 4.12. The van der Waals surface area contributed by atoms with E-state index in [-0.39, 0.29) is 17.7 Å². The Morgan fingerprint density at radius 2 is 2.00 bits per heavy atom. The number of benzene rings is 1. The van der Waals surface area contributed by atoms with Crippen molar-refractivity contribution in [2.75, 3.05) is 0 Å². The van der Waals surface area contributed by atoms with Gasteiger partial charge in [-0.25, -0.2) is 14.5 Å². The smallest absolute Gasteiger partial charge is 0.192 e. The molecule has 0 fully saturated rings. The van der Waals surface area contributed by atoms with E-state index in [1.807, 2.05) is 31.2 Å². The summed E-state index contributed by atoms with van der Waals surface area (Å²) in [6, 6.07) is 7.96. The molecule has 0 spiro atoms. The van der Waals surface area contributed by atoms with Crippen molar-refractivity contribution < 1.29 is 10.2 Å². The Kier molecular flexibility index (Phi) is 5.11. The van der Waals surface area contributed by atoms with E-state index in [1.54, 1.807) is 22.2 Å². The van der Waals surface area contributed by atoms with Crippen molar-refractivity contribution in [1.82, 2.24) is 19.6 Å². The van der Waals surface area contributed by atoms with Gasteiger partial charge in [-0.05, 0) is 57.9 Å². The second-order valence-electron chi connectivity index (χ2n) is 9.62. The first-order valence-corrected chi connectivity index (χ1v) is 12.2. The molecule has 0 unspecified atom stereocenters. The third-order valence-electron chi connectivity index (χ3n) is 5.80. The van der Waals surface area contributed by atoms with Crippen molar-refractivity contribution in [1.29, 1.82) is 0 Å². The van der Waals surface area contributed by atoms with Crippen molar-refractivity contribution in [3.05, 3.63) is 56.9 Å². The first kappa shape index (κ1) is 21.5. The van der Waals surface area contributed by atoms with Gasteiger partial charge in [0.25, 0.3) is 0 Å². The Morgan fingerprint density at radius 1 is 1.25 bits per heavy atom. The van der Waals surface area contributed by atoms with Gasteiger partial charge < -0.3 is 10.2 Å². The second-order valence-corrected chi connectivity index (χ2v) is 11.5. The van der Waals surface area contributed by atoms with Gasteiger partial charge in [-0.1, -0.05) is 33.2 Å². The SMILES string of the molecule is C/C(=N/OCc1nc2c3c4c(sc3ncn2n1)C(C)(C)[NH2+]C(C)(C)C4)c1ccc(Br)cc1. The molecule has 3 aromatic heterocycles. The fourth-order valence-corrected chi connectivity index (χ4v) is 6.22. The topological polar surface area (TPSA) is 81.3 Å². The Morgan fingerprint density at radius 3 is 2.75 bits per heavy atom. The van der Waals surface area contributed by atoms with Crippen molar-refractivity contribution in [2.24, 2.45) is 5.16 Å². The van der Waals surface area contributed by atoms with Gasteiger partial charge in [-0.3, -0.25) is 0 Å². The standard InChI is InChI=1S/C23H25BrN6OS/c1-13(14-6-8-15(24)9-7-14)28-31-11-17-26-20-18-16-10-22(2,3)29-23(4,5)19(16)32-21(18)25-12-30(20)27-17/h6-9,12,29H,10-11H2,1-5H3/p+1/b28-13-. The normalized spacial score (nSPS) is 17.6. The highest BCUT2D eigenvalue weighted by Crippen LogP contribution is 2.41. The predicted octanol–water partition coefficient (Wildman–Crippen LogP) is 4.18.